The Hall–Kier alpha value is -2.94. The average molecular weight is 461 g/mol. The monoisotopic (exact) mass is 460 g/mol. The summed E-state index contributed by atoms with van der Waals surface area (Å²) in [7, 11) is 5.86. The number of rotatable bonds is 12. The van der Waals surface area contributed by atoms with Crippen molar-refractivity contribution in [1.82, 2.24) is 24.8 Å². The van der Waals surface area contributed by atoms with Crippen molar-refractivity contribution in [3.63, 3.8) is 0 Å². The molecule has 0 aliphatic rings. The van der Waals surface area contributed by atoms with Crippen LogP contribution in [-0.2, 0) is 10.3 Å². The molecule has 0 bridgehead atoms. The number of hydrogen-bond donors (Lipinski definition) is 2. The molecule has 1 atom stereocenters. The van der Waals surface area contributed by atoms with Crippen LogP contribution in [-0.4, -0.2) is 59.6 Å². The quantitative estimate of drug-likeness (QED) is 0.470. The van der Waals surface area contributed by atoms with E-state index >= 15 is 0 Å². The minimum absolute atomic E-state index is 0.0902. The molecule has 0 radical (unpaired) electrons. The molecule has 0 aliphatic carbocycles. The first-order chi connectivity index (χ1) is 15.6. The number of pyridine rings is 1. The van der Waals surface area contributed by atoms with E-state index in [0.717, 1.165) is 24.3 Å². The maximum Gasteiger partial charge on any atom is 0.220 e. The molecule has 182 valence electrons. The third-order valence-corrected chi connectivity index (χ3v) is 5.20. The average Bonchev–Trinajstić information content (AvgIpc) is 3.23. The lowest BCUT2D eigenvalue weighted by Crippen LogP contribution is -2.29. The summed E-state index contributed by atoms with van der Waals surface area (Å²) in [5.41, 5.74) is 1.39. The molecule has 2 rings (SSSR count). The van der Waals surface area contributed by atoms with Crippen LogP contribution in [0.15, 0.2) is 36.3 Å². The molecule has 0 spiro atoms. The van der Waals surface area contributed by atoms with E-state index in [-0.39, 0.29) is 23.2 Å². The third-order valence-electron chi connectivity index (χ3n) is 5.20. The first kappa shape index (κ1) is 26.3. The van der Waals surface area contributed by atoms with Gasteiger partial charge in [-0.25, -0.2) is 9.37 Å². The topological polar surface area (TPSA) is 84.3 Å². The van der Waals surface area contributed by atoms with Crippen LogP contribution in [0.1, 0.15) is 52.3 Å². The number of allylic oxidation sites excluding steroid dienone is 1. The Balaban J connectivity index is 2.08. The smallest absolute Gasteiger partial charge is 0.220 e. The van der Waals surface area contributed by atoms with Crippen LogP contribution in [0, 0.1) is 5.82 Å². The fraction of sp³-hybridized carbons (Fsp3) is 0.542. The Morgan fingerprint density at radius 2 is 2.06 bits per heavy atom. The Morgan fingerprint density at radius 1 is 1.33 bits per heavy atom. The zero-order chi connectivity index (χ0) is 24.6. The summed E-state index contributed by atoms with van der Waals surface area (Å²) in [4.78, 5) is 23.2. The number of nitrogens with zero attached hydrogens (tertiary/aromatic N) is 4. The van der Waals surface area contributed by atoms with E-state index in [1.165, 1.54) is 6.07 Å². The summed E-state index contributed by atoms with van der Waals surface area (Å²) in [5, 5.41) is 6.06. The second-order valence-electron chi connectivity index (χ2n) is 8.83. The normalized spacial score (nSPS) is 13.2. The first-order valence-electron chi connectivity index (χ1n) is 11.2. The third kappa shape index (κ3) is 7.56. The van der Waals surface area contributed by atoms with Crippen LogP contribution in [0.25, 0.3) is 0 Å². The first-order valence-corrected chi connectivity index (χ1v) is 11.2. The molecule has 9 heteroatoms. The molecule has 2 aromatic rings. The van der Waals surface area contributed by atoms with Crippen LogP contribution in [0.2, 0.25) is 0 Å². The van der Waals surface area contributed by atoms with Crippen molar-refractivity contribution in [2.75, 3.05) is 39.6 Å². The number of anilines is 1. The van der Waals surface area contributed by atoms with Crippen molar-refractivity contribution < 1.29 is 13.9 Å². The van der Waals surface area contributed by atoms with Crippen molar-refractivity contribution in [3.8, 4) is 5.75 Å². The fourth-order valence-electron chi connectivity index (χ4n) is 3.73. The van der Waals surface area contributed by atoms with Gasteiger partial charge in [-0.1, -0.05) is 11.6 Å². The van der Waals surface area contributed by atoms with Gasteiger partial charge in [0.2, 0.25) is 11.9 Å². The maximum absolute atomic E-state index is 13.8. The Bertz CT molecular complexity index is 954. The highest BCUT2D eigenvalue weighted by Gasteiger charge is 2.22. The number of carbonyl (C=O) groups excluding carboxylic acids is 1. The zero-order valence-electron chi connectivity index (χ0n) is 20.8. The van der Waals surface area contributed by atoms with E-state index in [9.17, 15) is 9.18 Å². The van der Waals surface area contributed by atoms with E-state index in [0.29, 0.717) is 25.1 Å². The van der Waals surface area contributed by atoms with Gasteiger partial charge in [0.25, 0.3) is 0 Å². The van der Waals surface area contributed by atoms with E-state index < -0.39 is 5.82 Å². The van der Waals surface area contributed by atoms with Crippen LogP contribution in [0.3, 0.4) is 0 Å². The second kappa shape index (κ2) is 11.8. The summed E-state index contributed by atoms with van der Waals surface area (Å²) in [6.45, 7) is 8.94. The largest absolute Gasteiger partial charge is 0.491 e. The van der Waals surface area contributed by atoms with Gasteiger partial charge in [-0.3, -0.25) is 9.78 Å². The number of imidazole rings is 1. The summed E-state index contributed by atoms with van der Waals surface area (Å²) in [6, 6.07) is 1.17. The predicted molar refractivity (Wildman–Crippen MR) is 129 cm³/mol. The van der Waals surface area contributed by atoms with E-state index in [4.69, 9.17) is 4.74 Å². The molecule has 0 fully saturated rings. The van der Waals surface area contributed by atoms with Gasteiger partial charge < -0.3 is 24.8 Å². The van der Waals surface area contributed by atoms with Crippen molar-refractivity contribution in [2.24, 2.45) is 0 Å². The van der Waals surface area contributed by atoms with Gasteiger partial charge in [0.15, 0.2) is 11.6 Å². The minimum atomic E-state index is -0.514. The number of likely N-dealkylation sites (N-methyl/N-ethyl adjacent to an activating group) is 1. The molecular formula is C24H37FN6O2. The summed E-state index contributed by atoms with van der Waals surface area (Å²) >= 11 is 0. The Labute approximate surface area is 196 Å². The van der Waals surface area contributed by atoms with Crippen LogP contribution < -0.4 is 15.4 Å². The second-order valence-corrected chi connectivity index (χ2v) is 8.83. The molecule has 0 aliphatic heterocycles. The molecule has 0 saturated carbocycles. The van der Waals surface area contributed by atoms with E-state index in [1.54, 1.807) is 13.1 Å². The molecule has 33 heavy (non-hydrogen) atoms. The van der Waals surface area contributed by atoms with E-state index in [1.807, 2.05) is 34.3 Å². The van der Waals surface area contributed by atoms with Gasteiger partial charge in [0.1, 0.15) is 0 Å². The number of amides is 1. The number of carbonyl (C=O) groups is 1. The molecule has 2 aromatic heterocycles. The number of ether oxygens (including phenoxy) is 1. The highest BCUT2D eigenvalue weighted by Crippen LogP contribution is 2.25. The molecule has 8 nitrogen and oxygen atoms in total. The van der Waals surface area contributed by atoms with Gasteiger partial charge >= 0.3 is 0 Å². The SMILES string of the molecule is CCOc1cc([C@H](C)NC(=O)CC/C(=C\C(C)(C)n2ccnc2NC)CN(C)C)ncc1F. The van der Waals surface area contributed by atoms with Crippen molar-refractivity contribution >= 4 is 11.9 Å². The van der Waals surface area contributed by atoms with Crippen molar-refractivity contribution in [2.45, 2.75) is 52.1 Å². The molecule has 0 saturated heterocycles. The summed E-state index contributed by atoms with van der Waals surface area (Å²) in [6.07, 6.45) is 7.98. The summed E-state index contributed by atoms with van der Waals surface area (Å²) < 4.78 is 21.1. The standard InChI is InChI=1S/C24H37FN6O2/c1-8-33-21-13-20(28-15-19(21)25)17(2)29-22(32)10-9-18(16-30(6)7)14-24(3,4)31-12-11-27-23(31)26-5/h11-15,17H,8-10,16H2,1-7H3,(H,26,27)(H,29,32)/b18-14+/t17-/m0/s1. The lowest BCUT2D eigenvalue weighted by atomic mass is 9.97. The molecule has 0 aromatic carbocycles. The van der Waals surface area contributed by atoms with Crippen LogP contribution in [0.4, 0.5) is 10.3 Å². The number of hydrogen-bond acceptors (Lipinski definition) is 6. The van der Waals surface area contributed by atoms with Crippen molar-refractivity contribution in [3.05, 3.63) is 47.8 Å². The minimum Gasteiger partial charge on any atom is -0.491 e. The van der Waals surface area contributed by atoms with Gasteiger partial charge in [-0.2, -0.15) is 0 Å². The lowest BCUT2D eigenvalue weighted by Gasteiger charge is -2.27. The number of nitrogens with one attached hydrogen (secondary N) is 2. The van der Waals surface area contributed by atoms with E-state index in [2.05, 4.69) is 50.0 Å². The molecule has 0 unspecified atom stereocenters. The predicted octanol–water partition coefficient (Wildman–Crippen LogP) is 3.74. The number of aromatic nitrogens is 3. The Morgan fingerprint density at radius 3 is 2.70 bits per heavy atom. The number of halogens is 1. The van der Waals surface area contributed by atoms with Gasteiger partial charge in [-0.15, -0.1) is 0 Å². The van der Waals surface area contributed by atoms with Gasteiger partial charge in [0.05, 0.1) is 30.1 Å². The lowest BCUT2D eigenvalue weighted by molar-refractivity contribution is -0.121. The molecular weight excluding hydrogens is 423 g/mol. The molecule has 1 amide bonds. The maximum atomic E-state index is 13.8. The van der Waals surface area contributed by atoms with Crippen molar-refractivity contribution in [1.29, 1.82) is 0 Å². The van der Waals surface area contributed by atoms with Crippen LogP contribution in [0.5, 0.6) is 5.75 Å². The highest BCUT2D eigenvalue weighted by molar-refractivity contribution is 5.76. The highest BCUT2D eigenvalue weighted by atomic mass is 19.1. The Kier molecular flexibility index (Phi) is 9.40. The van der Waals surface area contributed by atoms with Gasteiger partial charge in [-0.05, 0) is 48.2 Å². The van der Waals surface area contributed by atoms with Crippen LogP contribution >= 0.6 is 0 Å². The zero-order valence-corrected chi connectivity index (χ0v) is 20.8. The summed E-state index contributed by atoms with van der Waals surface area (Å²) in [5.74, 6) is 0.319. The fourth-order valence-corrected chi connectivity index (χ4v) is 3.73. The van der Waals surface area contributed by atoms with Gasteiger partial charge in [0, 0.05) is 38.5 Å². The molecule has 2 N–H and O–H groups in total. The molecule has 2 heterocycles.